The highest BCUT2D eigenvalue weighted by atomic mass is 16.5. The Hall–Kier alpha value is -2.67. The third kappa shape index (κ3) is 3.99. The van der Waals surface area contributed by atoms with Crippen LogP contribution in [0, 0.1) is 0 Å². The molecular weight excluding hydrogens is 308 g/mol. The van der Waals surface area contributed by atoms with Gasteiger partial charge in [0.05, 0.1) is 26.2 Å². The first kappa shape index (κ1) is 16.2. The quantitative estimate of drug-likeness (QED) is 0.893. The smallest absolute Gasteiger partial charge is 0.226 e. The van der Waals surface area contributed by atoms with Crippen molar-refractivity contribution < 1.29 is 14.3 Å². The molecule has 1 aromatic heterocycles. The molecule has 1 amide bonds. The maximum absolute atomic E-state index is 12.4. The Morgan fingerprint density at radius 1 is 1.29 bits per heavy atom. The highest BCUT2D eigenvalue weighted by Crippen LogP contribution is 2.23. The first-order chi connectivity index (χ1) is 11.7. The number of nitrogens with two attached hydrogens (primary N) is 1. The number of hydrogen-bond acceptors (Lipinski definition) is 6. The Kier molecular flexibility index (Phi) is 5.22. The summed E-state index contributed by atoms with van der Waals surface area (Å²) in [5, 5.41) is 0. The lowest BCUT2D eigenvalue weighted by molar-refractivity contribution is -0.139. The van der Waals surface area contributed by atoms with Gasteiger partial charge >= 0.3 is 0 Å². The number of hydrogen-bond donors (Lipinski definition) is 1. The van der Waals surface area contributed by atoms with Gasteiger partial charge in [-0.1, -0.05) is 18.2 Å². The zero-order chi connectivity index (χ0) is 16.8. The molecule has 2 heterocycles. The van der Waals surface area contributed by atoms with Gasteiger partial charge in [0, 0.05) is 18.9 Å². The minimum Gasteiger partial charge on any atom is -0.493 e. The Bertz CT molecular complexity index is 681. The summed E-state index contributed by atoms with van der Waals surface area (Å²) in [4.78, 5) is 22.4. The van der Waals surface area contributed by atoms with Crippen LogP contribution in [-0.2, 0) is 9.53 Å². The van der Waals surface area contributed by atoms with Crippen LogP contribution in [0.3, 0.4) is 0 Å². The largest absolute Gasteiger partial charge is 0.493 e. The van der Waals surface area contributed by atoms with E-state index in [0.717, 1.165) is 5.75 Å². The van der Waals surface area contributed by atoms with Crippen molar-refractivity contribution in [3.8, 4) is 5.75 Å². The number of ether oxygens (including phenoxy) is 2. The number of nitrogen functional groups attached to an aromatic ring is 1. The zero-order valence-corrected chi connectivity index (χ0v) is 13.3. The summed E-state index contributed by atoms with van der Waals surface area (Å²) in [6.07, 6.45) is 3.08. The number of nitrogens with zero attached hydrogens (tertiary/aromatic N) is 3. The van der Waals surface area contributed by atoms with Crippen LogP contribution in [0.2, 0.25) is 0 Å². The van der Waals surface area contributed by atoms with Gasteiger partial charge in [-0.25, -0.2) is 4.98 Å². The van der Waals surface area contributed by atoms with E-state index in [-0.39, 0.29) is 12.0 Å². The van der Waals surface area contributed by atoms with E-state index >= 15 is 0 Å². The van der Waals surface area contributed by atoms with Crippen molar-refractivity contribution in [3.05, 3.63) is 48.4 Å². The van der Waals surface area contributed by atoms with E-state index in [2.05, 4.69) is 9.97 Å². The molecule has 0 spiro atoms. The Balaban J connectivity index is 1.52. The maximum atomic E-state index is 12.4. The van der Waals surface area contributed by atoms with Crippen molar-refractivity contribution in [3.63, 3.8) is 0 Å². The Labute approximate surface area is 140 Å². The molecule has 3 rings (SSSR count). The number of rotatable bonds is 5. The molecule has 1 unspecified atom stereocenters. The topological polar surface area (TPSA) is 90.6 Å². The predicted octanol–water partition coefficient (Wildman–Crippen LogP) is 1.43. The van der Waals surface area contributed by atoms with E-state index in [4.69, 9.17) is 15.2 Å². The molecule has 1 saturated heterocycles. The summed E-state index contributed by atoms with van der Waals surface area (Å²) >= 11 is 0. The molecule has 1 aliphatic heterocycles. The number of amides is 1. The van der Waals surface area contributed by atoms with Crippen LogP contribution in [-0.4, -0.2) is 47.1 Å². The molecule has 1 fully saturated rings. The van der Waals surface area contributed by atoms with Gasteiger partial charge in [-0.05, 0) is 12.1 Å². The minimum atomic E-state index is -0.341. The number of para-hydroxylation sites is 1. The SMILES string of the molecule is Nc1nccnc1C1CN(C(=O)CCOc2ccccc2)CCO1. The van der Waals surface area contributed by atoms with Gasteiger partial charge in [0.25, 0.3) is 0 Å². The Morgan fingerprint density at radius 2 is 2.08 bits per heavy atom. The predicted molar refractivity (Wildman–Crippen MR) is 88.3 cm³/mol. The second-order valence-electron chi connectivity index (χ2n) is 5.44. The summed E-state index contributed by atoms with van der Waals surface area (Å²) in [5.74, 6) is 1.13. The molecular formula is C17H20N4O3. The van der Waals surface area contributed by atoms with Crippen LogP contribution in [0.25, 0.3) is 0 Å². The van der Waals surface area contributed by atoms with Gasteiger partial charge < -0.3 is 20.1 Å². The second-order valence-corrected chi connectivity index (χ2v) is 5.44. The van der Waals surface area contributed by atoms with E-state index in [0.29, 0.717) is 44.2 Å². The minimum absolute atomic E-state index is 0.0293. The molecule has 0 aliphatic carbocycles. The standard InChI is InChI=1S/C17H20N4O3/c18-17-16(19-7-8-20-17)14-12-21(9-11-24-14)15(22)6-10-23-13-4-2-1-3-5-13/h1-5,7-8,14H,6,9-12H2,(H2,18,20). The van der Waals surface area contributed by atoms with Gasteiger partial charge in [-0.15, -0.1) is 0 Å². The summed E-state index contributed by atoms with van der Waals surface area (Å²) in [6, 6.07) is 9.45. The van der Waals surface area contributed by atoms with Crippen molar-refractivity contribution >= 4 is 11.7 Å². The molecule has 7 nitrogen and oxygen atoms in total. The fourth-order valence-electron chi connectivity index (χ4n) is 2.58. The lowest BCUT2D eigenvalue weighted by Gasteiger charge is -2.32. The molecule has 2 N–H and O–H groups in total. The van der Waals surface area contributed by atoms with Gasteiger partial charge in [-0.3, -0.25) is 9.78 Å². The summed E-state index contributed by atoms with van der Waals surface area (Å²) in [7, 11) is 0. The van der Waals surface area contributed by atoms with E-state index in [1.54, 1.807) is 11.1 Å². The highest BCUT2D eigenvalue weighted by Gasteiger charge is 2.27. The molecule has 2 aromatic rings. The Morgan fingerprint density at radius 3 is 2.88 bits per heavy atom. The van der Waals surface area contributed by atoms with Crippen LogP contribution in [0.4, 0.5) is 5.82 Å². The zero-order valence-electron chi connectivity index (χ0n) is 13.3. The highest BCUT2D eigenvalue weighted by molar-refractivity contribution is 5.76. The lowest BCUT2D eigenvalue weighted by atomic mass is 10.2. The molecule has 0 radical (unpaired) electrons. The monoisotopic (exact) mass is 328 g/mol. The van der Waals surface area contributed by atoms with Crippen LogP contribution < -0.4 is 10.5 Å². The average Bonchev–Trinajstić information content (AvgIpc) is 2.63. The molecule has 0 bridgehead atoms. The van der Waals surface area contributed by atoms with Crippen molar-refractivity contribution in [2.75, 3.05) is 32.0 Å². The molecule has 7 heteroatoms. The van der Waals surface area contributed by atoms with Gasteiger partial charge in [0.15, 0.2) is 0 Å². The van der Waals surface area contributed by atoms with Crippen molar-refractivity contribution in [2.24, 2.45) is 0 Å². The average molecular weight is 328 g/mol. The molecule has 1 atom stereocenters. The van der Waals surface area contributed by atoms with Gasteiger partial charge in [0.1, 0.15) is 23.4 Å². The number of anilines is 1. The van der Waals surface area contributed by atoms with Crippen LogP contribution in [0.15, 0.2) is 42.7 Å². The van der Waals surface area contributed by atoms with Gasteiger partial charge in [-0.2, -0.15) is 0 Å². The fraction of sp³-hybridized carbons (Fsp3) is 0.353. The van der Waals surface area contributed by atoms with E-state index in [1.165, 1.54) is 6.20 Å². The summed E-state index contributed by atoms with van der Waals surface area (Å²) in [5.41, 5.74) is 6.42. The fourth-order valence-corrected chi connectivity index (χ4v) is 2.58. The first-order valence-electron chi connectivity index (χ1n) is 7.87. The third-order valence-electron chi connectivity index (χ3n) is 3.81. The summed E-state index contributed by atoms with van der Waals surface area (Å²) < 4.78 is 11.3. The molecule has 1 aliphatic rings. The lowest BCUT2D eigenvalue weighted by Crippen LogP contribution is -2.43. The van der Waals surface area contributed by atoms with Crippen LogP contribution in [0.5, 0.6) is 5.75 Å². The van der Waals surface area contributed by atoms with Crippen LogP contribution >= 0.6 is 0 Å². The van der Waals surface area contributed by atoms with Gasteiger partial charge in [0.2, 0.25) is 5.91 Å². The molecule has 1 aromatic carbocycles. The normalized spacial score (nSPS) is 17.5. The van der Waals surface area contributed by atoms with Crippen LogP contribution in [0.1, 0.15) is 18.2 Å². The number of benzene rings is 1. The van der Waals surface area contributed by atoms with Crippen molar-refractivity contribution in [1.82, 2.24) is 14.9 Å². The number of aromatic nitrogens is 2. The second kappa shape index (κ2) is 7.74. The molecule has 24 heavy (non-hydrogen) atoms. The third-order valence-corrected chi connectivity index (χ3v) is 3.81. The molecule has 126 valence electrons. The number of carbonyl (C=O) groups is 1. The van der Waals surface area contributed by atoms with Crippen molar-refractivity contribution in [1.29, 1.82) is 0 Å². The van der Waals surface area contributed by atoms with E-state index < -0.39 is 0 Å². The maximum Gasteiger partial charge on any atom is 0.226 e. The number of carbonyl (C=O) groups excluding carboxylic acids is 1. The molecule has 0 saturated carbocycles. The summed E-state index contributed by atoms with van der Waals surface area (Å²) in [6.45, 7) is 1.78. The number of morpholine rings is 1. The van der Waals surface area contributed by atoms with Crippen molar-refractivity contribution in [2.45, 2.75) is 12.5 Å². The van der Waals surface area contributed by atoms with E-state index in [9.17, 15) is 4.79 Å². The first-order valence-corrected chi connectivity index (χ1v) is 7.87. The van der Waals surface area contributed by atoms with E-state index in [1.807, 2.05) is 30.3 Å².